The zero-order valence-corrected chi connectivity index (χ0v) is 8.94. The van der Waals surface area contributed by atoms with Gasteiger partial charge in [0, 0.05) is 0 Å². The van der Waals surface area contributed by atoms with Crippen LogP contribution >= 0.6 is 0 Å². The molecule has 0 bridgehead atoms. The number of hydrogen-bond donors (Lipinski definition) is 1. The molecule has 4 nitrogen and oxygen atoms in total. The lowest BCUT2D eigenvalue weighted by Crippen LogP contribution is -2.14. The normalized spacial score (nSPS) is 11.6. The van der Waals surface area contributed by atoms with E-state index >= 15 is 0 Å². The van der Waals surface area contributed by atoms with Crippen LogP contribution in [0.15, 0.2) is 30.6 Å². The van der Waals surface area contributed by atoms with Crippen molar-refractivity contribution in [2.45, 2.75) is 20.4 Å². The molecule has 0 unspecified atom stereocenters. The van der Waals surface area contributed by atoms with Crippen molar-refractivity contribution in [3.05, 3.63) is 36.4 Å². The van der Waals surface area contributed by atoms with Gasteiger partial charge in [-0.1, -0.05) is 26.0 Å². The third-order valence-electron chi connectivity index (χ3n) is 2.22. The number of aromatic nitrogens is 3. The van der Waals surface area contributed by atoms with Crippen molar-refractivity contribution in [1.82, 2.24) is 14.8 Å². The Morgan fingerprint density at radius 1 is 1.27 bits per heavy atom. The first kappa shape index (κ1) is 9.71. The predicted molar refractivity (Wildman–Crippen MR) is 60.0 cm³/mol. The van der Waals surface area contributed by atoms with E-state index in [9.17, 15) is 0 Å². The largest absolute Gasteiger partial charge is 0.376 e. The molecule has 0 saturated carbocycles. The van der Waals surface area contributed by atoms with Crippen molar-refractivity contribution in [1.29, 1.82) is 0 Å². The van der Waals surface area contributed by atoms with Gasteiger partial charge in [-0.25, -0.2) is 0 Å². The zero-order chi connectivity index (χ0) is 10.7. The van der Waals surface area contributed by atoms with E-state index in [1.807, 2.05) is 36.6 Å². The summed E-state index contributed by atoms with van der Waals surface area (Å²) in [5, 5.41) is 11.2. The summed E-state index contributed by atoms with van der Waals surface area (Å²) in [6.45, 7) is 4.75. The standard InChI is InChI=1S/C9H8N4.C2H6/c1-2-4-8-7(3-1)10-5-9-12-11-6-13(8)9;1-2/h1-4,6,10H,5H2;1-2H3. The lowest BCUT2D eigenvalue weighted by Gasteiger charge is -2.18. The fourth-order valence-corrected chi connectivity index (χ4v) is 1.59. The second kappa shape index (κ2) is 4.13. The molecule has 2 heterocycles. The van der Waals surface area contributed by atoms with Gasteiger partial charge in [0.1, 0.15) is 6.33 Å². The molecule has 3 rings (SSSR count). The molecule has 78 valence electrons. The van der Waals surface area contributed by atoms with E-state index in [1.165, 1.54) is 0 Å². The number of fused-ring (bicyclic) bond motifs is 3. The van der Waals surface area contributed by atoms with E-state index in [0.717, 1.165) is 23.7 Å². The van der Waals surface area contributed by atoms with E-state index in [4.69, 9.17) is 0 Å². The first-order valence-corrected chi connectivity index (χ1v) is 5.17. The van der Waals surface area contributed by atoms with E-state index in [-0.39, 0.29) is 0 Å². The molecule has 1 N–H and O–H groups in total. The minimum absolute atomic E-state index is 0.747. The topological polar surface area (TPSA) is 42.7 Å². The number of anilines is 1. The molecule has 2 aromatic rings. The molecule has 1 aromatic heterocycles. The Morgan fingerprint density at radius 2 is 2.07 bits per heavy atom. The van der Waals surface area contributed by atoms with Gasteiger partial charge in [0.2, 0.25) is 0 Å². The van der Waals surface area contributed by atoms with Crippen molar-refractivity contribution >= 4 is 5.69 Å². The van der Waals surface area contributed by atoms with Crippen molar-refractivity contribution in [3.63, 3.8) is 0 Å². The number of nitrogens with one attached hydrogen (secondary N) is 1. The van der Waals surface area contributed by atoms with Gasteiger partial charge in [-0.2, -0.15) is 0 Å². The maximum atomic E-state index is 4.01. The van der Waals surface area contributed by atoms with Crippen LogP contribution in [-0.2, 0) is 6.54 Å². The molecule has 0 fully saturated rings. The highest BCUT2D eigenvalue weighted by Gasteiger charge is 2.14. The Kier molecular flexibility index (Phi) is 2.67. The molecule has 0 atom stereocenters. The van der Waals surface area contributed by atoms with Crippen molar-refractivity contribution in [3.8, 4) is 5.69 Å². The highest BCUT2D eigenvalue weighted by Crippen LogP contribution is 2.24. The number of benzene rings is 1. The van der Waals surface area contributed by atoms with Crippen LogP contribution in [0.3, 0.4) is 0 Å². The molecular formula is C11H14N4. The smallest absolute Gasteiger partial charge is 0.156 e. The summed E-state index contributed by atoms with van der Waals surface area (Å²) in [4.78, 5) is 0. The molecule has 0 spiro atoms. The third-order valence-corrected chi connectivity index (χ3v) is 2.22. The minimum atomic E-state index is 0.747. The van der Waals surface area contributed by atoms with Crippen LogP contribution in [0, 0.1) is 0 Å². The van der Waals surface area contributed by atoms with Gasteiger partial charge < -0.3 is 5.32 Å². The number of rotatable bonds is 0. The quantitative estimate of drug-likeness (QED) is 0.712. The minimum Gasteiger partial charge on any atom is -0.376 e. The summed E-state index contributed by atoms with van der Waals surface area (Å²) >= 11 is 0. The Labute approximate surface area is 89.0 Å². The fourth-order valence-electron chi connectivity index (χ4n) is 1.59. The van der Waals surface area contributed by atoms with Gasteiger partial charge in [-0.05, 0) is 12.1 Å². The van der Waals surface area contributed by atoms with E-state index in [0.29, 0.717) is 0 Å². The third kappa shape index (κ3) is 1.58. The van der Waals surface area contributed by atoms with Crippen LogP contribution in [0.5, 0.6) is 0 Å². The van der Waals surface area contributed by atoms with Crippen LogP contribution in [0.2, 0.25) is 0 Å². The lowest BCUT2D eigenvalue weighted by atomic mass is 10.2. The molecule has 0 saturated heterocycles. The Morgan fingerprint density at radius 3 is 2.93 bits per heavy atom. The summed E-state index contributed by atoms with van der Waals surface area (Å²) in [6, 6.07) is 8.13. The van der Waals surface area contributed by atoms with Gasteiger partial charge in [0.15, 0.2) is 5.82 Å². The average Bonchev–Trinajstić information content (AvgIpc) is 2.80. The van der Waals surface area contributed by atoms with Crippen LogP contribution in [0.4, 0.5) is 5.69 Å². The van der Waals surface area contributed by atoms with Crippen LogP contribution in [0.1, 0.15) is 19.7 Å². The molecule has 0 aliphatic carbocycles. The van der Waals surface area contributed by atoms with Gasteiger partial charge in [0.25, 0.3) is 0 Å². The summed E-state index contributed by atoms with van der Waals surface area (Å²) in [5.74, 6) is 0.957. The Bertz CT molecular complexity index is 447. The summed E-state index contributed by atoms with van der Waals surface area (Å²) in [7, 11) is 0. The molecule has 1 aliphatic rings. The lowest BCUT2D eigenvalue weighted by molar-refractivity contribution is 0.862. The Balaban J connectivity index is 0.000000404. The summed E-state index contributed by atoms with van der Waals surface area (Å²) in [5.41, 5.74) is 2.25. The number of para-hydroxylation sites is 2. The van der Waals surface area contributed by atoms with Crippen molar-refractivity contribution in [2.24, 2.45) is 0 Å². The van der Waals surface area contributed by atoms with Gasteiger partial charge in [-0.3, -0.25) is 4.57 Å². The van der Waals surface area contributed by atoms with E-state index < -0.39 is 0 Å². The average molecular weight is 202 g/mol. The van der Waals surface area contributed by atoms with Crippen molar-refractivity contribution in [2.75, 3.05) is 5.32 Å². The van der Waals surface area contributed by atoms with E-state index in [2.05, 4.69) is 21.6 Å². The molecule has 0 amide bonds. The second-order valence-electron chi connectivity index (χ2n) is 2.99. The van der Waals surface area contributed by atoms with Gasteiger partial charge in [-0.15, -0.1) is 10.2 Å². The fraction of sp³-hybridized carbons (Fsp3) is 0.273. The highest BCUT2D eigenvalue weighted by molar-refractivity contribution is 5.63. The van der Waals surface area contributed by atoms with Crippen molar-refractivity contribution < 1.29 is 0 Å². The second-order valence-corrected chi connectivity index (χ2v) is 2.99. The highest BCUT2D eigenvalue weighted by atomic mass is 15.3. The summed E-state index contributed by atoms with van der Waals surface area (Å²) in [6.07, 6.45) is 1.75. The summed E-state index contributed by atoms with van der Waals surface area (Å²) < 4.78 is 2.01. The zero-order valence-electron chi connectivity index (χ0n) is 8.94. The molecule has 1 aliphatic heterocycles. The molecule has 0 radical (unpaired) electrons. The maximum absolute atomic E-state index is 4.01. The van der Waals surface area contributed by atoms with Gasteiger partial charge in [0.05, 0.1) is 17.9 Å². The molecule has 15 heavy (non-hydrogen) atoms. The van der Waals surface area contributed by atoms with Crippen LogP contribution in [-0.4, -0.2) is 14.8 Å². The first-order valence-electron chi connectivity index (χ1n) is 5.17. The predicted octanol–water partition coefficient (Wildman–Crippen LogP) is 2.22. The van der Waals surface area contributed by atoms with Gasteiger partial charge >= 0.3 is 0 Å². The Hall–Kier alpha value is -1.84. The molecular weight excluding hydrogens is 188 g/mol. The number of hydrogen-bond acceptors (Lipinski definition) is 3. The monoisotopic (exact) mass is 202 g/mol. The van der Waals surface area contributed by atoms with Crippen LogP contribution < -0.4 is 5.32 Å². The van der Waals surface area contributed by atoms with Crippen LogP contribution in [0.25, 0.3) is 5.69 Å². The first-order chi connectivity index (χ1) is 7.45. The molecule has 4 heteroatoms. The molecule has 1 aromatic carbocycles. The SMILES string of the molecule is CC.c1ccc2c(c1)NCc1nncn1-2. The number of nitrogens with zero attached hydrogens (tertiary/aromatic N) is 3. The maximum Gasteiger partial charge on any atom is 0.156 e. The van der Waals surface area contributed by atoms with E-state index in [1.54, 1.807) is 6.33 Å².